The van der Waals surface area contributed by atoms with E-state index in [-0.39, 0.29) is 25.0 Å². The van der Waals surface area contributed by atoms with Crippen molar-refractivity contribution in [2.45, 2.75) is 6.92 Å². The Kier molecular flexibility index (Phi) is 6.47. The molecule has 0 fully saturated rings. The fraction of sp³-hybridized carbons (Fsp3) is 0.400. The van der Waals surface area contributed by atoms with Gasteiger partial charge in [-0.3, -0.25) is 4.79 Å². The highest BCUT2D eigenvalue weighted by Gasteiger charge is 1.97. The average Bonchev–Trinajstić information content (AvgIpc) is 2.20. The second kappa shape index (κ2) is 7.44. The quantitative estimate of drug-likeness (QED) is 0.240. The Morgan fingerprint density at radius 1 is 1.60 bits per heavy atom. The van der Waals surface area contributed by atoms with Crippen LogP contribution >= 0.6 is 0 Å². The number of guanidine groups is 1. The maximum absolute atomic E-state index is 11.0. The fourth-order valence-electron chi connectivity index (χ4n) is 0.660. The highest BCUT2D eigenvalue weighted by atomic mass is 16.1. The van der Waals surface area contributed by atoms with Gasteiger partial charge < -0.3 is 16.4 Å². The Morgan fingerprint density at radius 3 is 2.80 bits per heavy atom. The number of rotatable bonds is 5. The number of carbonyl (C=O) groups is 1. The van der Waals surface area contributed by atoms with Crippen LogP contribution in [0.1, 0.15) is 6.92 Å². The van der Waals surface area contributed by atoms with E-state index in [1.807, 2.05) is 6.92 Å². The molecule has 4 N–H and O–H groups in total. The predicted molar refractivity (Wildman–Crippen MR) is 61.1 cm³/mol. The molecule has 0 aromatic carbocycles. The summed E-state index contributed by atoms with van der Waals surface area (Å²) < 4.78 is 0. The van der Waals surface area contributed by atoms with Gasteiger partial charge in [-0.2, -0.15) is 0 Å². The molecule has 0 saturated heterocycles. The molecule has 0 rings (SSSR count). The molecule has 0 aromatic rings. The van der Waals surface area contributed by atoms with Crippen LogP contribution in [-0.2, 0) is 4.79 Å². The van der Waals surface area contributed by atoms with Gasteiger partial charge in [-0.25, -0.2) is 4.99 Å². The lowest BCUT2D eigenvalue weighted by molar-refractivity contribution is -0.119. The first-order valence-electron chi connectivity index (χ1n) is 4.44. The molecule has 0 aliphatic carbocycles. The molecule has 0 radical (unpaired) electrons. The van der Waals surface area contributed by atoms with Crippen LogP contribution in [0.15, 0.2) is 17.1 Å². The van der Waals surface area contributed by atoms with Crippen molar-refractivity contribution < 1.29 is 4.79 Å². The molecule has 0 heterocycles. The summed E-state index contributed by atoms with van der Waals surface area (Å²) in [4.78, 5) is 14.8. The Hall–Kier alpha value is -1.96. The van der Waals surface area contributed by atoms with Crippen molar-refractivity contribution in [2.75, 3.05) is 19.6 Å². The van der Waals surface area contributed by atoms with E-state index in [9.17, 15) is 4.79 Å². The lowest BCUT2D eigenvalue weighted by Gasteiger charge is -2.04. The topological polar surface area (TPSA) is 79.5 Å². The zero-order chi connectivity index (χ0) is 11.7. The zero-order valence-corrected chi connectivity index (χ0v) is 8.84. The van der Waals surface area contributed by atoms with Gasteiger partial charge in [0.05, 0.1) is 6.54 Å². The molecular weight excluding hydrogens is 192 g/mol. The lowest BCUT2D eigenvalue weighted by Crippen LogP contribution is -2.34. The number of nitrogens with zero attached hydrogens (tertiary/aromatic N) is 1. The standard InChI is InChI=1S/C10H16N4O/c1-4-5-12-9(15)7-14-10(11)13-6-8(2)3/h1H,2,5-7H2,3H3,(H,12,15)(H3,11,13,14). The molecule has 82 valence electrons. The van der Waals surface area contributed by atoms with Crippen LogP contribution in [-0.4, -0.2) is 31.5 Å². The summed E-state index contributed by atoms with van der Waals surface area (Å²) in [5.74, 6) is 2.25. The minimum atomic E-state index is -0.256. The number of terminal acetylenes is 1. The van der Waals surface area contributed by atoms with Crippen molar-refractivity contribution in [2.24, 2.45) is 10.7 Å². The maximum atomic E-state index is 11.0. The van der Waals surface area contributed by atoms with Gasteiger partial charge in [0.1, 0.15) is 6.54 Å². The van der Waals surface area contributed by atoms with E-state index in [1.165, 1.54) is 0 Å². The van der Waals surface area contributed by atoms with Gasteiger partial charge in [-0.15, -0.1) is 6.42 Å². The molecule has 0 spiro atoms. The first kappa shape index (κ1) is 13.0. The minimum absolute atomic E-state index is 0.0310. The smallest absolute Gasteiger partial charge is 0.242 e. The van der Waals surface area contributed by atoms with E-state index in [2.05, 4.69) is 28.1 Å². The van der Waals surface area contributed by atoms with E-state index in [0.717, 1.165) is 5.57 Å². The van der Waals surface area contributed by atoms with Gasteiger partial charge in [0.25, 0.3) is 0 Å². The van der Waals surface area contributed by atoms with Gasteiger partial charge in [0.15, 0.2) is 5.96 Å². The van der Waals surface area contributed by atoms with Crippen molar-refractivity contribution in [1.29, 1.82) is 0 Å². The molecule has 0 bridgehead atoms. The van der Waals surface area contributed by atoms with Crippen LogP contribution in [0.4, 0.5) is 0 Å². The number of amides is 1. The number of carbonyl (C=O) groups excluding carboxylic acids is 1. The van der Waals surface area contributed by atoms with Gasteiger partial charge in [-0.05, 0) is 6.92 Å². The Morgan fingerprint density at radius 2 is 2.27 bits per heavy atom. The van der Waals surface area contributed by atoms with E-state index < -0.39 is 0 Å². The molecule has 0 aromatic heterocycles. The largest absolute Gasteiger partial charge is 0.370 e. The van der Waals surface area contributed by atoms with Gasteiger partial charge in [0, 0.05) is 6.54 Å². The SMILES string of the molecule is C#CCNC(=O)CN=C(N)NCC(=C)C. The Labute approximate surface area is 89.8 Å². The van der Waals surface area contributed by atoms with Gasteiger partial charge in [-0.1, -0.05) is 18.1 Å². The van der Waals surface area contributed by atoms with E-state index in [0.29, 0.717) is 6.54 Å². The van der Waals surface area contributed by atoms with Crippen molar-refractivity contribution in [3.63, 3.8) is 0 Å². The first-order valence-corrected chi connectivity index (χ1v) is 4.44. The van der Waals surface area contributed by atoms with Crippen LogP contribution in [0, 0.1) is 12.3 Å². The van der Waals surface area contributed by atoms with E-state index in [1.54, 1.807) is 0 Å². The minimum Gasteiger partial charge on any atom is -0.370 e. The number of nitrogens with one attached hydrogen (secondary N) is 2. The summed E-state index contributed by atoms with van der Waals surface area (Å²) in [7, 11) is 0. The van der Waals surface area contributed by atoms with Crippen LogP contribution in [0.2, 0.25) is 0 Å². The summed E-state index contributed by atoms with van der Waals surface area (Å²) in [6, 6.07) is 0. The van der Waals surface area contributed by atoms with Crippen LogP contribution < -0.4 is 16.4 Å². The summed E-state index contributed by atoms with van der Waals surface area (Å²) >= 11 is 0. The molecule has 0 saturated carbocycles. The normalized spacial score (nSPS) is 10.3. The molecule has 5 heteroatoms. The zero-order valence-electron chi connectivity index (χ0n) is 8.84. The van der Waals surface area contributed by atoms with Crippen LogP contribution in [0.3, 0.4) is 0 Å². The second-order valence-corrected chi connectivity index (χ2v) is 2.99. The van der Waals surface area contributed by atoms with Crippen molar-refractivity contribution in [3.05, 3.63) is 12.2 Å². The molecular formula is C10H16N4O. The van der Waals surface area contributed by atoms with Crippen molar-refractivity contribution >= 4 is 11.9 Å². The van der Waals surface area contributed by atoms with Crippen molar-refractivity contribution in [3.8, 4) is 12.3 Å². The lowest BCUT2D eigenvalue weighted by atomic mass is 10.3. The molecule has 5 nitrogen and oxygen atoms in total. The van der Waals surface area contributed by atoms with Gasteiger partial charge >= 0.3 is 0 Å². The summed E-state index contributed by atoms with van der Waals surface area (Å²) in [6.45, 7) is 6.26. The highest BCUT2D eigenvalue weighted by Crippen LogP contribution is 1.80. The first-order chi connectivity index (χ1) is 7.06. The van der Waals surface area contributed by atoms with Crippen LogP contribution in [0.5, 0.6) is 0 Å². The third-order valence-corrected chi connectivity index (χ3v) is 1.35. The second-order valence-electron chi connectivity index (χ2n) is 2.99. The van der Waals surface area contributed by atoms with E-state index >= 15 is 0 Å². The number of aliphatic imine (C=N–C) groups is 1. The molecule has 15 heavy (non-hydrogen) atoms. The predicted octanol–water partition coefficient (Wildman–Crippen LogP) is -0.784. The molecule has 0 unspecified atom stereocenters. The van der Waals surface area contributed by atoms with Crippen molar-refractivity contribution in [1.82, 2.24) is 10.6 Å². The molecule has 1 amide bonds. The average molecular weight is 208 g/mol. The third-order valence-electron chi connectivity index (χ3n) is 1.35. The third kappa shape index (κ3) is 8.37. The van der Waals surface area contributed by atoms with E-state index in [4.69, 9.17) is 12.2 Å². The monoisotopic (exact) mass is 208 g/mol. The Balaban J connectivity index is 3.79. The maximum Gasteiger partial charge on any atom is 0.242 e. The number of hydrogen-bond acceptors (Lipinski definition) is 2. The molecule has 0 atom stereocenters. The molecule has 0 aliphatic rings. The molecule has 0 aliphatic heterocycles. The van der Waals surface area contributed by atoms with Gasteiger partial charge in [0.2, 0.25) is 5.91 Å². The summed E-state index contributed by atoms with van der Waals surface area (Å²) in [5.41, 5.74) is 6.41. The Bertz CT molecular complexity index is 301. The highest BCUT2D eigenvalue weighted by molar-refractivity contribution is 5.84. The summed E-state index contributed by atoms with van der Waals surface area (Å²) in [5, 5.41) is 5.27. The number of hydrogen-bond donors (Lipinski definition) is 3. The fourth-order valence-corrected chi connectivity index (χ4v) is 0.660. The summed E-state index contributed by atoms with van der Waals surface area (Å²) in [6.07, 6.45) is 4.97. The van der Waals surface area contributed by atoms with Crippen LogP contribution in [0.25, 0.3) is 0 Å². The number of nitrogens with two attached hydrogens (primary N) is 1.